The van der Waals surface area contributed by atoms with E-state index in [1.54, 1.807) is 0 Å². The summed E-state index contributed by atoms with van der Waals surface area (Å²) in [6, 6.07) is 17.9. The number of hydrogen-bond donors (Lipinski definition) is 0. The molecule has 3 aromatic rings. The number of carbonyl (C=O) groups is 1. The first-order valence-corrected chi connectivity index (χ1v) is 8.49. The Kier molecular flexibility index (Phi) is 4.92. The molecule has 1 aromatic heterocycles. The number of nitrogens with zero attached hydrogens (tertiary/aromatic N) is 1. The fourth-order valence-electron chi connectivity index (χ4n) is 3.09. The average molecular weight is 305 g/mol. The lowest BCUT2D eigenvalue weighted by Gasteiger charge is -2.10. The Labute approximate surface area is 137 Å². The molecule has 0 atom stereocenters. The van der Waals surface area contributed by atoms with Crippen LogP contribution >= 0.6 is 0 Å². The predicted octanol–water partition coefficient (Wildman–Crippen LogP) is 5.45. The van der Waals surface area contributed by atoms with Gasteiger partial charge in [-0.25, -0.2) is 0 Å². The topological polar surface area (TPSA) is 22.0 Å². The van der Waals surface area contributed by atoms with E-state index in [0.29, 0.717) is 0 Å². The van der Waals surface area contributed by atoms with Crippen molar-refractivity contribution in [1.82, 2.24) is 4.57 Å². The summed E-state index contributed by atoms with van der Waals surface area (Å²) >= 11 is 0. The second-order valence-corrected chi connectivity index (χ2v) is 6.00. The van der Waals surface area contributed by atoms with Gasteiger partial charge in [-0.15, -0.1) is 0 Å². The van der Waals surface area contributed by atoms with E-state index < -0.39 is 0 Å². The van der Waals surface area contributed by atoms with Gasteiger partial charge < -0.3 is 4.57 Å². The van der Waals surface area contributed by atoms with Crippen molar-refractivity contribution >= 4 is 16.6 Å². The van der Waals surface area contributed by atoms with E-state index in [2.05, 4.69) is 23.6 Å². The third kappa shape index (κ3) is 3.37. The molecule has 0 radical (unpaired) electrons. The number of rotatable bonds is 7. The number of unbranched alkanes of at least 4 members (excludes halogenated alkanes) is 3. The maximum atomic E-state index is 13.0. The molecule has 0 unspecified atom stereocenters. The summed E-state index contributed by atoms with van der Waals surface area (Å²) < 4.78 is 2.10. The van der Waals surface area contributed by atoms with Crippen LogP contribution in [0, 0.1) is 0 Å². The summed E-state index contributed by atoms with van der Waals surface area (Å²) in [7, 11) is 0. The minimum atomic E-state index is 0.113. The monoisotopic (exact) mass is 305 g/mol. The summed E-state index contributed by atoms with van der Waals surface area (Å²) in [5.74, 6) is 0.113. The van der Waals surface area contributed by atoms with Crippen LogP contribution in [0.5, 0.6) is 0 Å². The van der Waals surface area contributed by atoms with Crippen LogP contribution in [0.15, 0.2) is 60.8 Å². The van der Waals surface area contributed by atoms with E-state index >= 15 is 0 Å². The van der Waals surface area contributed by atoms with Crippen LogP contribution in [0.4, 0.5) is 0 Å². The third-order valence-corrected chi connectivity index (χ3v) is 4.35. The van der Waals surface area contributed by atoms with Gasteiger partial charge in [0.25, 0.3) is 0 Å². The molecule has 0 aliphatic heterocycles. The van der Waals surface area contributed by atoms with Crippen molar-refractivity contribution in [1.29, 1.82) is 0 Å². The van der Waals surface area contributed by atoms with Gasteiger partial charge in [0.05, 0.1) is 5.69 Å². The standard InChI is InChI=1S/C21H23NO/c1-2-3-4-7-15-22-16-9-14-20(22)21(23)19-13-8-11-17-10-5-6-12-18(17)19/h5-6,8-14,16H,2-4,7,15H2,1H3. The number of ketones is 1. The van der Waals surface area contributed by atoms with Crippen LogP contribution in [0.25, 0.3) is 10.8 Å². The molecule has 0 aliphatic rings. The minimum absolute atomic E-state index is 0.113. The van der Waals surface area contributed by atoms with Crippen LogP contribution in [0.3, 0.4) is 0 Å². The molecular weight excluding hydrogens is 282 g/mol. The lowest BCUT2D eigenvalue weighted by molar-refractivity contribution is 0.103. The molecule has 0 fully saturated rings. The molecule has 23 heavy (non-hydrogen) atoms. The van der Waals surface area contributed by atoms with Gasteiger partial charge in [0, 0.05) is 18.3 Å². The fraction of sp³-hybridized carbons (Fsp3) is 0.286. The second kappa shape index (κ2) is 7.28. The van der Waals surface area contributed by atoms with Gasteiger partial charge in [-0.05, 0) is 29.3 Å². The summed E-state index contributed by atoms with van der Waals surface area (Å²) in [5.41, 5.74) is 1.58. The number of aryl methyl sites for hydroxylation is 1. The Morgan fingerprint density at radius 2 is 1.74 bits per heavy atom. The molecule has 2 heteroatoms. The average Bonchev–Trinajstić information content (AvgIpc) is 3.06. The van der Waals surface area contributed by atoms with Crippen molar-refractivity contribution < 1.29 is 4.79 Å². The van der Waals surface area contributed by atoms with Crippen molar-refractivity contribution in [3.8, 4) is 0 Å². The molecule has 0 N–H and O–H groups in total. The Morgan fingerprint density at radius 1 is 0.913 bits per heavy atom. The minimum Gasteiger partial charge on any atom is -0.345 e. The molecular formula is C21H23NO. The smallest absolute Gasteiger partial charge is 0.209 e. The molecule has 0 spiro atoms. The highest BCUT2D eigenvalue weighted by Crippen LogP contribution is 2.22. The maximum Gasteiger partial charge on any atom is 0.209 e. The molecule has 118 valence electrons. The highest BCUT2D eigenvalue weighted by atomic mass is 16.1. The number of fused-ring (bicyclic) bond motifs is 1. The Hall–Kier alpha value is -2.35. The Balaban J connectivity index is 1.87. The number of carbonyl (C=O) groups excluding carboxylic acids is 1. The molecule has 0 saturated carbocycles. The van der Waals surface area contributed by atoms with Gasteiger partial charge in [0.2, 0.25) is 5.78 Å². The predicted molar refractivity (Wildman–Crippen MR) is 96.0 cm³/mol. The molecule has 0 amide bonds. The number of hydrogen-bond acceptors (Lipinski definition) is 1. The molecule has 0 bridgehead atoms. The van der Waals surface area contributed by atoms with E-state index in [9.17, 15) is 4.79 Å². The largest absolute Gasteiger partial charge is 0.345 e. The van der Waals surface area contributed by atoms with Gasteiger partial charge in [0.1, 0.15) is 0 Å². The first-order chi connectivity index (χ1) is 11.3. The van der Waals surface area contributed by atoms with E-state index in [1.165, 1.54) is 19.3 Å². The number of aromatic nitrogens is 1. The van der Waals surface area contributed by atoms with Gasteiger partial charge in [-0.3, -0.25) is 4.79 Å². The van der Waals surface area contributed by atoms with Gasteiger partial charge >= 0.3 is 0 Å². The SMILES string of the molecule is CCCCCCn1cccc1C(=O)c1cccc2ccccc12. The van der Waals surface area contributed by atoms with Crippen LogP contribution in [-0.2, 0) is 6.54 Å². The zero-order valence-corrected chi connectivity index (χ0v) is 13.7. The third-order valence-electron chi connectivity index (χ3n) is 4.35. The van der Waals surface area contributed by atoms with Gasteiger partial charge in [-0.2, -0.15) is 0 Å². The zero-order valence-electron chi connectivity index (χ0n) is 13.7. The first-order valence-electron chi connectivity index (χ1n) is 8.49. The van der Waals surface area contributed by atoms with Crippen molar-refractivity contribution in [2.45, 2.75) is 39.2 Å². The first kappa shape index (κ1) is 15.5. The van der Waals surface area contributed by atoms with E-state index in [4.69, 9.17) is 0 Å². The number of benzene rings is 2. The van der Waals surface area contributed by atoms with E-state index in [0.717, 1.165) is 35.0 Å². The van der Waals surface area contributed by atoms with E-state index in [-0.39, 0.29) is 5.78 Å². The molecule has 2 nitrogen and oxygen atoms in total. The molecule has 0 aliphatic carbocycles. The molecule has 3 rings (SSSR count). The molecule has 1 heterocycles. The van der Waals surface area contributed by atoms with Crippen molar-refractivity contribution in [3.05, 3.63) is 72.1 Å². The highest BCUT2D eigenvalue weighted by molar-refractivity contribution is 6.15. The zero-order chi connectivity index (χ0) is 16.1. The van der Waals surface area contributed by atoms with Crippen LogP contribution in [0.1, 0.15) is 48.7 Å². The van der Waals surface area contributed by atoms with Crippen molar-refractivity contribution in [3.63, 3.8) is 0 Å². The van der Waals surface area contributed by atoms with Crippen LogP contribution in [-0.4, -0.2) is 10.4 Å². The summed E-state index contributed by atoms with van der Waals surface area (Å²) in [5, 5.41) is 2.14. The highest BCUT2D eigenvalue weighted by Gasteiger charge is 2.15. The van der Waals surface area contributed by atoms with Crippen LogP contribution in [0.2, 0.25) is 0 Å². The Morgan fingerprint density at radius 3 is 2.61 bits per heavy atom. The maximum absolute atomic E-state index is 13.0. The Bertz CT molecular complexity index is 795. The lowest BCUT2D eigenvalue weighted by atomic mass is 10.00. The summed E-state index contributed by atoms with van der Waals surface area (Å²) in [6.07, 6.45) is 6.85. The van der Waals surface area contributed by atoms with Gasteiger partial charge in [-0.1, -0.05) is 68.7 Å². The van der Waals surface area contributed by atoms with Crippen molar-refractivity contribution in [2.24, 2.45) is 0 Å². The lowest BCUT2D eigenvalue weighted by Crippen LogP contribution is -2.10. The van der Waals surface area contributed by atoms with E-state index in [1.807, 2.05) is 48.7 Å². The quantitative estimate of drug-likeness (QED) is 0.420. The van der Waals surface area contributed by atoms with Crippen LogP contribution < -0.4 is 0 Å². The van der Waals surface area contributed by atoms with Gasteiger partial charge in [0.15, 0.2) is 0 Å². The normalized spacial score (nSPS) is 11.0. The second-order valence-electron chi connectivity index (χ2n) is 6.00. The van der Waals surface area contributed by atoms with Crippen molar-refractivity contribution in [2.75, 3.05) is 0 Å². The summed E-state index contributed by atoms with van der Waals surface area (Å²) in [6.45, 7) is 3.13. The summed E-state index contributed by atoms with van der Waals surface area (Å²) in [4.78, 5) is 13.0. The molecule has 0 saturated heterocycles. The molecule has 2 aromatic carbocycles. The fourth-order valence-corrected chi connectivity index (χ4v) is 3.09.